The van der Waals surface area contributed by atoms with Crippen LogP contribution in [0.25, 0.3) is 0 Å². The third-order valence-corrected chi connectivity index (χ3v) is 4.12. The number of ether oxygens (including phenoxy) is 1. The number of hydrogen-bond donors (Lipinski definition) is 1. The molecule has 1 unspecified atom stereocenters. The van der Waals surface area contributed by atoms with Crippen LogP contribution in [0.1, 0.15) is 50.4 Å². The summed E-state index contributed by atoms with van der Waals surface area (Å²) in [4.78, 5) is 38.0. The Morgan fingerprint density at radius 1 is 1.24 bits per heavy atom. The quantitative estimate of drug-likeness (QED) is 0.842. The van der Waals surface area contributed by atoms with E-state index in [9.17, 15) is 23.9 Å². The van der Waals surface area contributed by atoms with Crippen LogP contribution in [0.2, 0.25) is 0 Å². The number of Topliss-reactive ketones (excluding diaryl/α,β-unsaturated/α-hetero) is 1. The minimum absolute atomic E-state index is 0.161. The zero-order valence-electron chi connectivity index (χ0n) is 14.5. The lowest BCUT2D eigenvalue weighted by Crippen LogP contribution is -2.55. The lowest BCUT2D eigenvalue weighted by atomic mass is 9.88. The zero-order valence-corrected chi connectivity index (χ0v) is 14.5. The van der Waals surface area contributed by atoms with Gasteiger partial charge in [0.1, 0.15) is 11.4 Å². The number of amides is 1. The van der Waals surface area contributed by atoms with Crippen molar-refractivity contribution in [2.24, 2.45) is 0 Å². The van der Waals surface area contributed by atoms with Gasteiger partial charge in [0.15, 0.2) is 11.3 Å². The molecule has 1 amide bonds. The minimum Gasteiger partial charge on any atom is -0.479 e. The molecule has 1 aliphatic rings. The van der Waals surface area contributed by atoms with Crippen molar-refractivity contribution in [2.75, 3.05) is 6.54 Å². The number of likely N-dealkylation sites (tertiary alicyclic amines) is 1. The normalized spacial score (nSPS) is 20.4. The molecular weight excluding hydrogens is 329 g/mol. The molecule has 6 nitrogen and oxygen atoms in total. The number of carboxylic acids is 1. The summed E-state index contributed by atoms with van der Waals surface area (Å²) in [6.07, 6.45) is -0.511. The number of carbonyl (C=O) groups is 3. The molecule has 1 atom stereocenters. The summed E-state index contributed by atoms with van der Waals surface area (Å²) >= 11 is 0. The molecule has 0 spiro atoms. The second-order valence-corrected chi connectivity index (χ2v) is 7.18. The molecule has 1 fully saturated rings. The highest BCUT2D eigenvalue weighted by atomic mass is 19.1. The largest absolute Gasteiger partial charge is 0.479 e. The van der Waals surface area contributed by atoms with E-state index in [1.165, 1.54) is 12.1 Å². The summed E-state index contributed by atoms with van der Waals surface area (Å²) in [7, 11) is 0. The zero-order chi connectivity index (χ0) is 18.8. The fourth-order valence-electron chi connectivity index (χ4n) is 2.95. The van der Waals surface area contributed by atoms with E-state index in [2.05, 4.69) is 0 Å². The molecule has 1 saturated heterocycles. The number of benzene rings is 1. The van der Waals surface area contributed by atoms with Gasteiger partial charge in [-0.1, -0.05) is 0 Å². The van der Waals surface area contributed by atoms with Crippen molar-refractivity contribution >= 4 is 17.8 Å². The van der Waals surface area contributed by atoms with Gasteiger partial charge in [-0.2, -0.15) is 0 Å². The number of hydrogen-bond acceptors (Lipinski definition) is 4. The Hall–Kier alpha value is -2.44. The predicted octanol–water partition coefficient (Wildman–Crippen LogP) is 3.25. The Kier molecular flexibility index (Phi) is 5.15. The molecule has 0 aliphatic carbocycles. The lowest BCUT2D eigenvalue weighted by molar-refractivity contribution is -0.149. The van der Waals surface area contributed by atoms with E-state index in [0.29, 0.717) is 6.42 Å². The highest BCUT2D eigenvalue weighted by molar-refractivity contribution is 6.01. The first-order chi connectivity index (χ1) is 11.5. The summed E-state index contributed by atoms with van der Waals surface area (Å²) in [5.41, 5.74) is -2.21. The first kappa shape index (κ1) is 18.9. The van der Waals surface area contributed by atoms with Crippen LogP contribution in [-0.4, -0.2) is 45.5 Å². The van der Waals surface area contributed by atoms with Crippen molar-refractivity contribution in [3.63, 3.8) is 0 Å². The highest BCUT2D eigenvalue weighted by Gasteiger charge is 2.52. The number of carboxylic acid groups (broad SMARTS) is 1. The van der Waals surface area contributed by atoms with E-state index in [0.717, 1.165) is 17.0 Å². The van der Waals surface area contributed by atoms with Crippen LogP contribution in [0.3, 0.4) is 0 Å². The number of nitrogens with zero attached hydrogens (tertiary/aromatic N) is 1. The molecule has 1 aromatic rings. The van der Waals surface area contributed by atoms with Gasteiger partial charge < -0.3 is 9.84 Å². The molecule has 2 rings (SSSR count). The van der Waals surface area contributed by atoms with E-state index >= 15 is 0 Å². The van der Waals surface area contributed by atoms with Gasteiger partial charge in [-0.25, -0.2) is 14.0 Å². The first-order valence-electron chi connectivity index (χ1n) is 8.08. The summed E-state index contributed by atoms with van der Waals surface area (Å²) in [5, 5.41) is 9.76. The number of rotatable bonds is 4. The summed E-state index contributed by atoms with van der Waals surface area (Å²) in [6, 6.07) is 4.89. The molecule has 1 aromatic carbocycles. The molecule has 0 radical (unpaired) electrons. The summed E-state index contributed by atoms with van der Waals surface area (Å²) in [5.74, 6) is -2.19. The van der Waals surface area contributed by atoms with E-state index in [-0.39, 0.29) is 24.9 Å². The van der Waals surface area contributed by atoms with Gasteiger partial charge >= 0.3 is 12.1 Å². The maximum absolute atomic E-state index is 13.0. The molecule has 25 heavy (non-hydrogen) atoms. The van der Waals surface area contributed by atoms with Gasteiger partial charge in [0.2, 0.25) is 0 Å². The predicted molar refractivity (Wildman–Crippen MR) is 87.9 cm³/mol. The van der Waals surface area contributed by atoms with Gasteiger partial charge in [0.25, 0.3) is 0 Å². The monoisotopic (exact) mass is 351 g/mol. The van der Waals surface area contributed by atoms with Crippen LogP contribution < -0.4 is 0 Å². The van der Waals surface area contributed by atoms with Crippen molar-refractivity contribution in [3.8, 4) is 0 Å². The van der Waals surface area contributed by atoms with E-state index < -0.39 is 34.8 Å². The molecular formula is C18H22FNO5. The average Bonchev–Trinajstić information content (AvgIpc) is 2.91. The molecule has 136 valence electrons. The number of aliphatic carboxylic acids is 1. The van der Waals surface area contributed by atoms with Crippen molar-refractivity contribution in [2.45, 2.75) is 51.2 Å². The second-order valence-electron chi connectivity index (χ2n) is 7.18. The average molecular weight is 351 g/mol. The van der Waals surface area contributed by atoms with Crippen molar-refractivity contribution in [1.82, 2.24) is 4.90 Å². The standard InChI is InChI=1S/C18H22FNO5/c1-17(2,3)25-16(24)20-10-4-9-18(20,15(22)23)11-14(21)12-5-7-13(19)8-6-12/h5-8H,4,9-11H2,1-3H3,(H,22,23). The Morgan fingerprint density at radius 2 is 1.84 bits per heavy atom. The maximum atomic E-state index is 13.0. The third kappa shape index (κ3) is 4.15. The lowest BCUT2D eigenvalue weighted by Gasteiger charge is -2.35. The van der Waals surface area contributed by atoms with E-state index in [1.54, 1.807) is 20.8 Å². The Balaban J connectivity index is 2.27. The topological polar surface area (TPSA) is 83.9 Å². The number of ketones is 1. The molecule has 0 aromatic heterocycles. The van der Waals surface area contributed by atoms with Gasteiger partial charge in [0, 0.05) is 18.5 Å². The molecule has 1 N–H and O–H groups in total. The smallest absolute Gasteiger partial charge is 0.411 e. The van der Waals surface area contributed by atoms with Crippen LogP contribution in [0.15, 0.2) is 24.3 Å². The van der Waals surface area contributed by atoms with Crippen molar-refractivity contribution in [3.05, 3.63) is 35.6 Å². The van der Waals surface area contributed by atoms with Crippen LogP contribution in [0.4, 0.5) is 9.18 Å². The number of halogens is 1. The minimum atomic E-state index is -1.65. The Morgan fingerprint density at radius 3 is 2.36 bits per heavy atom. The highest BCUT2D eigenvalue weighted by Crippen LogP contribution is 2.35. The van der Waals surface area contributed by atoms with Crippen molar-refractivity contribution < 1.29 is 28.6 Å². The van der Waals surface area contributed by atoms with Crippen LogP contribution in [0.5, 0.6) is 0 Å². The van der Waals surface area contributed by atoms with E-state index in [4.69, 9.17) is 4.74 Å². The van der Waals surface area contributed by atoms with Gasteiger partial charge in [-0.05, 0) is 57.9 Å². The summed E-state index contributed by atoms with van der Waals surface area (Å²) in [6.45, 7) is 5.27. The second kappa shape index (κ2) is 6.82. The van der Waals surface area contributed by atoms with Crippen LogP contribution in [0, 0.1) is 5.82 Å². The van der Waals surface area contributed by atoms with E-state index in [1.807, 2.05) is 0 Å². The third-order valence-electron chi connectivity index (χ3n) is 4.12. The van der Waals surface area contributed by atoms with Crippen molar-refractivity contribution in [1.29, 1.82) is 0 Å². The van der Waals surface area contributed by atoms with Gasteiger partial charge in [-0.3, -0.25) is 9.69 Å². The number of carbonyl (C=O) groups excluding carboxylic acids is 2. The maximum Gasteiger partial charge on any atom is 0.411 e. The summed E-state index contributed by atoms with van der Waals surface area (Å²) < 4.78 is 18.3. The van der Waals surface area contributed by atoms with Gasteiger partial charge in [0.05, 0.1) is 0 Å². The van der Waals surface area contributed by atoms with Gasteiger partial charge in [-0.15, -0.1) is 0 Å². The van der Waals surface area contributed by atoms with Crippen LogP contribution >= 0.6 is 0 Å². The van der Waals surface area contributed by atoms with Crippen LogP contribution in [-0.2, 0) is 9.53 Å². The fourth-order valence-corrected chi connectivity index (χ4v) is 2.95. The SMILES string of the molecule is CC(C)(C)OC(=O)N1CCCC1(CC(=O)c1ccc(F)cc1)C(=O)O. The molecule has 1 aliphatic heterocycles. The first-order valence-corrected chi connectivity index (χ1v) is 8.08. The molecule has 7 heteroatoms. The Bertz CT molecular complexity index is 680. The molecule has 0 saturated carbocycles. The molecule has 0 bridgehead atoms. The molecule has 1 heterocycles. The Labute approximate surface area is 145 Å². The fraction of sp³-hybridized carbons (Fsp3) is 0.500.